The number of hydrogen-bond acceptors (Lipinski definition) is 6. The predicted molar refractivity (Wildman–Crippen MR) is 131 cm³/mol. The minimum Gasteiger partial charge on any atom is -0.497 e. The number of fused-ring (bicyclic) bond motifs is 1. The van der Waals surface area contributed by atoms with E-state index in [0.29, 0.717) is 25.3 Å². The van der Waals surface area contributed by atoms with Crippen LogP contribution >= 0.6 is 0 Å². The lowest BCUT2D eigenvalue weighted by Gasteiger charge is -2.14. The number of aromatic nitrogens is 1. The average molecular weight is 481 g/mol. The number of hydrogen-bond donors (Lipinski definition) is 3. The quantitative estimate of drug-likeness (QED) is 0.284. The maximum Gasteiger partial charge on any atom is 0.206 e. The van der Waals surface area contributed by atoms with Gasteiger partial charge >= 0.3 is 0 Å². The molecule has 8 heteroatoms. The molecule has 0 amide bonds. The predicted octanol–water partition coefficient (Wildman–Crippen LogP) is 3.58. The second kappa shape index (κ2) is 10.7. The molecule has 1 atom stereocenters. The van der Waals surface area contributed by atoms with Crippen LogP contribution in [0.15, 0.2) is 88.8 Å². The van der Waals surface area contributed by atoms with Crippen molar-refractivity contribution in [2.24, 2.45) is 0 Å². The second-order valence-electron chi connectivity index (χ2n) is 7.94. The molecule has 0 radical (unpaired) electrons. The number of aromatic amines is 1. The van der Waals surface area contributed by atoms with Crippen molar-refractivity contribution in [2.45, 2.75) is 22.3 Å². The highest BCUT2D eigenvalue weighted by Crippen LogP contribution is 2.25. The minimum atomic E-state index is -3.58. The minimum absolute atomic E-state index is 0.190. The molecule has 4 rings (SSSR count). The summed E-state index contributed by atoms with van der Waals surface area (Å²) in [7, 11) is -2.04. The topological polar surface area (TPSA) is 101 Å². The van der Waals surface area contributed by atoms with E-state index in [4.69, 9.17) is 9.47 Å². The van der Waals surface area contributed by atoms with E-state index in [1.165, 1.54) is 7.11 Å². The van der Waals surface area contributed by atoms with Crippen molar-refractivity contribution in [3.05, 3.63) is 84.6 Å². The van der Waals surface area contributed by atoms with Crippen molar-refractivity contribution in [3.63, 3.8) is 0 Å². The Bertz CT molecular complexity index is 1320. The number of methoxy groups -OCH3 is 1. The van der Waals surface area contributed by atoms with E-state index in [1.54, 1.807) is 36.4 Å². The maximum atomic E-state index is 12.8. The van der Waals surface area contributed by atoms with E-state index < -0.39 is 15.9 Å². The van der Waals surface area contributed by atoms with Gasteiger partial charge in [0.25, 0.3) is 0 Å². The molecule has 0 saturated carbocycles. The van der Waals surface area contributed by atoms with Gasteiger partial charge in [-0.2, -0.15) is 0 Å². The van der Waals surface area contributed by atoms with E-state index in [1.807, 2.05) is 42.6 Å². The first kappa shape index (κ1) is 23.8. The van der Waals surface area contributed by atoms with E-state index in [-0.39, 0.29) is 16.4 Å². The van der Waals surface area contributed by atoms with E-state index >= 15 is 0 Å². The van der Waals surface area contributed by atoms with Crippen molar-refractivity contribution >= 4 is 20.7 Å². The Hall–Kier alpha value is -3.33. The maximum absolute atomic E-state index is 12.8. The Balaban J connectivity index is 1.23. The number of sulfone groups is 1. The van der Waals surface area contributed by atoms with Gasteiger partial charge in [0.2, 0.25) is 9.84 Å². The molecule has 0 saturated heterocycles. The van der Waals surface area contributed by atoms with Crippen LogP contribution in [0, 0.1) is 0 Å². The standard InChI is InChI=1S/C26H28N2O5S/c1-32-21-7-11-23(12-8-21)34(30,31)22-9-5-19(6-10-22)13-15-27-17-20(29)18-33-26-4-2-3-25-24(26)14-16-28-25/h2-12,14,16,20,27-29H,13,15,17-18H2,1H3/t20-/m0/s1. The highest BCUT2D eigenvalue weighted by Gasteiger charge is 2.17. The van der Waals surface area contributed by atoms with Gasteiger partial charge in [-0.25, -0.2) is 8.42 Å². The van der Waals surface area contributed by atoms with Crippen molar-refractivity contribution in [1.29, 1.82) is 0 Å². The number of H-pyrrole nitrogens is 1. The lowest BCUT2D eigenvalue weighted by atomic mass is 10.1. The number of aliphatic hydroxyl groups excluding tert-OH is 1. The van der Waals surface area contributed by atoms with Crippen LogP contribution in [0.25, 0.3) is 10.9 Å². The molecule has 0 aliphatic heterocycles. The molecule has 1 aromatic heterocycles. The Labute approximate surface area is 199 Å². The zero-order valence-electron chi connectivity index (χ0n) is 18.9. The molecule has 0 aliphatic carbocycles. The zero-order valence-corrected chi connectivity index (χ0v) is 19.7. The van der Waals surface area contributed by atoms with Crippen molar-refractivity contribution < 1.29 is 23.0 Å². The van der Waals surface area contributed by atoms with Crippen LogP contribution in [0.2, 0.25) is 0 Å². The second-order valence-corrected chi connectivity index (χ2v) is 9.89. The summed E-state index contributed by atoms with van der Waals surface area (Å²) in [5.74, 6) is 1.35. The third kappa shape index (κ3) is 5.59. The average Bonchev–Trinajstić information content (AvgIpc) is 3.35. The molecule has 178 valence electrons. The molecule has 0 spiro atoms. The molecule has 3 N–H and O–H groups in total. The van der Waals surface area contributed by atoms with E-state index in [2.05, 4.69) is 10.3 Å². The summed E-state index contributed by atoms with van der Waals surface area (Å²) in [5.41, 5.74) is 2.00. The Morgan fingerprint density at radius 3 is 2.38 bits per heavy atom. The van der Waals surface area contributed by atoms with Crippen molar-refractivity contribution in [1.82, 2.24) is 10.3 Å². The third-order valence-electron chi connectivity index (χ3n) is 5.56. The highest BCUT2D eigenvalue weighted by atomic mass is 32.2. The largest absolute Gasteiger partial charge is 0.497 e. The van der Waals surface area contributed by atoms with Crippen LogP contribution in [-0.2, 0) is 16.3 Å². The lowest BCUT2D eigenvalue weighted by Crippen LogP contribution is -2.32. The fourth-order valence-corrected chi connectivity index (χ4v) is 4.92. The summed E-state index contributed by atoms with van der Waals surface area (Å²) < 4.78 is 36.5. The summed E-state index contributed by atoms with van der Waals surface area (Å²) >= 11 is 0. The fourth-order valence-electron chi connectivity index (χ4n) is 3.65. The number of benzene rings is 3. The molecule has 7 nitrogen and oxygen atoms in total. The van der Waals surface area contributed by atoms with Crippen LogP contribution in [0.3, 0.4) is 0 Å². The molecule has 0 fully saturated rings. The molecule has 34 heavy (non-hydrogen) atoms. The van der Waals surface area contributed by atoms with Gasteiger partial charge in [-0.3, -0.25) is 0 Å². The number of rotatable bonds is 11. The van der Waals surface area contributed by atoms with E-state index in [9.17, 15) is 13.5 Å². The zero-order chi connectivity index (χ0) is 24.0. The van der Waals surface area contributed by atoms with Crippen molar-refractivity contribution in [3.8, 4) is 11.5 Å². The van der Waals surface area contributed by atoms with Gasteiger partial charge in [-0.05, 0) is 73.1 Å². The monoisotopic (exact) mass is 480 g/mol. The van der Waals surface area contributed by atoms with Gasteiger partial charge in [0.05, 0.1) is 16.9 Å². The molecule has 3 aromatic carbocycles. The van der Waals surface area contributed by atoms with Gasteiger partial charge in [0.1, 0.15) is 24.2 Å². The number of aliphatic hydroxyl groups is 1. The summed E-state index contributed by atoms with van der Waals surface area (Å²) in [6.45, 7) is 1.23. The van der Waals surface area contributed by atoms with Crippen molar-refractivity contribution in [2.75, 3.05) is 26.8 Å². The van der Waals surface area contributed by atoms with Crippen LogP contribution < -0.4 is 14.8 Å². The Kier molecular flexibility index (Phi) is 7.52. The molecular formula is C26H28N2O5S. The van der Waals surface area contributed by atoms with Gasteiger partial charge in [-0.15, -0.1) is 0 Å². The SMILES string of the molecule is COc1ccc(S(=O)(=O)c2ccc(CCNC[C@H](O)COc3cccc4[nH]ccc34)cc2)cc1. The third-order valence-corrected chi connectivity index (χ3v) is 7.35. The van der Waals surface area contributed by atoms with Crippen LogP contribution in [0.5, 0.6) is 11.5 Å². The van der Waals surface area contributed by atoms with Gasteiger partial charge in [-0.1, -0.05) is 18.2 Å². The first-order chi connectivity index (χ1) is 16.5. The molecule has 0 bridgehead atoms. The first-order valence-corrected chi connectivity index (χ1v) is 12.5. The summed E-state index contributed by atoms with van der Waals surface area (Å²) in [4.78, 5) is 3.61. The summed E-state index contributed by atoms with van der Waals surface area (Å²) in [5, 5.41) is 14.4. The number of nitrogens with one attached hydrogen (secondary N) is 2. The molecule has 1 heterocycles. The van der Waals surface area contributed by atoms with Crippen LogP contribution in [0.1, 0.15) is 5.56 Å². The van der Waals surface area contributed by atoms with Gasteiger partial charge in [0, 0.05) is 23.6 Å². The lowest BCUT2D eigenvalue weighted by molar-refractivity contribution is 0.107. The van der Waals surface area contributed by atoms with E-state index in [0.717, 1.165) is 22.2 Å². The van der Waals surface area contributed by atoms with Crippen LogP contribution in [0.4, 0.5) is 0 Å². The molecule has 0 unspecified atom stereocenters. The number of ether oxygens (including phenoxy) is 2. The Morgan fingerprint density at radius 2 is 1.68 bits per heavy atom. The smallest absolute Gasteiger partial charge is 0.206 e. The summed E-state index contributed by atoms with van der Waals surface area (Å²) in [6.07, 6.45) is 1.92. The summed E-state index contributed by atoms with van der Waals surface area (Å²) in [6, 6.07) is 20.9. The fraction of sp³-hybridized carbons (Fsp3) is 0.231. The van der Waals surface area contributed by atoms with Gasteiger partial charge < -0.3 is 24.9 Å². The molecule has 0 aliphatic rings. The van der Waals surface area contributed by atoms with Crippen LogP contribution in [-0.4, -0.2) is 51.4 Å². The Morgan fingerprint density at radius 1 is 0.971 bits per heavy atom. The normalized spacial score (nSPS) is 12.5. The van der Waals surface area contributed by atoms with Gasteiger partial charge in [0.15, 0.2) is 0 Å². The highest BCUT2D eigenvalue weighted by molar-refractivity contribution is 7.91. The first-order valence-electron chi connectivity index (χ1n) is 11.0. The molecular weight excluding hydrogens is 452 g/mol. The molecule has 4 aromatic rings.